The highest BCUT2D eigenvalue weighted by atomic mass is 79.9. The fraction of sp³-hybridized carbons (Fsp3) is 0.647. The Kier molecular flexibility index (Phi) is 13.0. The smallest absolute Gasteiger partial charge is 0.175 e. The summed E-state index contributed by atoms with van der Waals surface area (Å²) in [5.74, 6) is 2.41. The number of hydrogen-bond donors (Lipinski definition) is 2. The summed E-state index contributed by atoms with van der Waals surface area (Å²) in [5, 5.41) is 6.98. The molecule has 1 aliphatic rings. The van der Waals surface area contributed by atoms with Crippen LogP contribution in [0, 0.1) is 5.92 Å². The Balaban J connectivity index is 0.00000264. The Bertz CT molecular complexity index is 472. The first-order chi connectivity index (χ1) is 10.7. The molecular weight excluding hydrogens is 415 g/mol. The Morgan fingerprint density at radius 3 is 2.42 bits per heavy atom. The summed E-state index contributed by atoms with van der Waals surface area (Å²) in [6.07, 6.45) is 2.54. The van der Waals surface area contributed by atoms with Crippen LogP contribution < -0.4 is 20.1 Å². The molecule has 24 heavy (non-hydrogen) atoms. The standard InChI is InChI=1S/C17H27BrN2O2.2ClH/c1-3-21-16-10-14(9-15(18)17(16)22-4-2)12-20-11-13-5-7-19-8-6-13;;/h9-10,13,19-20H,3-8,11-12H2,1-2H3;2*1H. The van der Waals surface area contributed by atoms with Crippen LogP contribution in [0.5, 0.6) is 11.5 Å². The lowest BCUT2D eigenvalue weighted by Gasteiger charge is -2.23. The first-order valence-corrected chi connectivity index (χ1v) is 9.03. The third-order valence-corrected chi connectivity index (χ3v) is 4.47. The van der Waals surface area contributed by atoms with Crippen molar-refractivity contribution in [2.75, 3.05) is 32.8 Å². The monoisotopic (exact) mass is 442 g/mol. The average molecular weight is 444 g/mol. The van der Waals surface area contributed by atoms with Gasteiger partial charge in [0.2, 0.25) is 0 Å². The van der Waals surface area contributed by atoms with E-state index in [9.17, 15) is 0 Å². The number of piperidine rings is 1. The van der Waals surface area contributed by atoms with Crippen LogP contribution in [-0.4, -0.2) is 32.8 Å². The van der Waals surface area contributed by atoms with Crippen molar-refractivity contribution in [1.82, 2.24) is 10.6 Å². The Hall–Kier alpha value is -0.200. The first kappa shape index (κ1) is 23.8. The highest BCUT2D eigenvalue weighted by molar-refractivity contribution is 9.10. The van der Waals surface area contributed by atoms with Crippen LogP contribution in [0.2, 0.25) is 0 Å². The molecule has 0 atom stereocenters. The van der Waals surface area contributed by atoms with E-state index in [2.05, 4.69) is 38.7 Å². The quantitative estimate of drug-likeness (QED) is 0.632. The number of halogens is 3. The van der Waals surface area contributed by atoms with E-state index in [4.69, 9.17) is 9.47 Å². The fourth-order valence-corrected chi connectivity index (χ4v) is 3.38. The van der Waals surface area contributed by atoms with Crippen molar-refractivity contribution < 1.29 is 9.47 Å². The fourth-order valence-electron chi connectivity index (χ4n) is 2.78. The van der Waals surface area contributed by atoms with Gasteiger partial charge < -0.3 is 20.1 Å². The highest BCUT2D eigenvalue weighted by Gasteiger charge is 2.14. The summed E-state index contributed by atoms with van der Waals surface area (Å²) in [6, 6.07) is 4.19. The third kappa shape index (κ3) is 7.36. The molecule has 2 N–H and O–H groups in total. The molecule has 1 fully saturated rings. The summed E-state index contributed by atoms with van der Waals surface area (Å²) in [4.78, 5) is 0. The van der Waals surface area contributed by atoms with Gasteiger partial charge in [-0.1, -0.05) is 0 Å². The average Bonchev–Trinajstić information content (AvgIpc) is 2.52. The van der Waals surface area contributed by atoms with Crippen LogP contribution in [0.4, 0.5) is 0 Å². The molecule has 140 valence electrons. The van der Waals surface area contributed by atoms with Gasteiger partial charge in [0.05, 0.1) is 17.7 Å². The summed E-state index contributed by atoms with van der Waals surface area (Å²) in [6.45, 7) is 9.48. The minimum absolute atomic E-state index is 0. The minimum atomic E-state index is 0. The molecule has 0 radical (unpaired) electrons. The molecular formula is C17H29BrCl2N2O2. The molecule has 1 saturated heterocycles. The predicted octanol–water partition coefficient (Wildman–Crippen LogP) is 4.18. The molecule has 1 aromatic carbocycles. The SMILES string of the molecule is CCOc1cc(CNCC2CCNCC2)cc(Br)c1OCC.Cl.Cl. The summed E-state index contributed by atoms with van der Waals surface area (Å²) >= 11 is 3.60. The third-order valence-electron chi connectivity index (χ3n) is 3.88. The molecule has 7 heteroatoms. The van der Waals surface area contributed by atoms with E-state index in [0.717, 1.165) is 48.1 Å². The van der Waals surface area contributed by atoms with Gasteiger partial charge in [0.25, 0.3) is 0 Å². The van der Waals surface area contributed by atoms with Gasteiger partial charge in [-0.3, -0.25) is 0 Å². The maximum atomic E-state index is 5.72. The van der Waals surface area contributed by atoms with Gasteiger partial charge in [0, 0.05) is 6.54 Å². The van der Waals surface area contributed by atoms with Gasteiger partial charge in [0.1, 0.15) is 0 Å². The van der Waals surface area contributed by atoms with Gasteiger partial charge in [-0.15, -0.1) is 24.8 Å². The van der Waals surface area contributed by atoms with E-state index in [1.165, 1.54) is 18.4 Å². The molecule has 0 spiro atoms. The number of ether oxygens (including phenoxy) is 2. The summed E-state index contributed by atoms with van der Waals surface area (Å²) < 4.78 is 12.3. The van der Waals surface area contributed by atoms with E-state index >= 15 is 0 Å². The van der Waals surface area contributed by atoms with Gasteiger partial charge in [-0.05, 0) is 85.9 Å². The molecule has 1 aromatic rings. The van der Waals surface area contributed by atoms with E-state index in [-0.39, 0.29) is 24.8 Å². The van der Waals surface area contributed by atoms with Crippen LogP contribution in [0.1, 0.15) is 32.3 Å². The van der Waals surface area contributed by atoms with Crippen molar-refractivity contribution in [3.05, 3.63) is 22.2 Å². The molecule has 2 rings (SSSR count). The van der Waals surface area contributed by atoms with Crippen LogP contribution in [0.3, 0.4) is 0 Å². The van der Waals surface area contributed by atoms with Gasteiger partial charge >= 0.3 is 0 Å². The van der Waals surface area contributed by atoms with E-state index in [0.29, 0.717) is 13.2 Å². The Labute approximate surface area is 166 Å². The van der Waals surface area contributed by atoms with Crippen LogP contribution in [0.25, 0.3) is 0 Å². The van der Waals surface area contributed by atoms with Crippen LogP contribution >= 0.6 is 40.7 Å². The zero-order valence-corrected chi connectivity index (χ0v) is 17.6. The largest absolute Gasteiger partial charge is 0.490 e. The molecule has 1 heterocycles. The molecule has 0 unspecified atom stereocenters. The van der Waals surface area contributed by atoms with E-state index in [1.54, 1.807) is 0 Å². The molecule has 0 bridgehead atoms. The normalized spacial score (nSPS) is 14.5. The van der Waals surface area contributed by atoms with Crippen molar-refractivity contribution >= 4 is 40.7 Å². The zero-order chi connectivity index (χ0) is 15.8. The number of rotatable bonds is 8. The Morgan fingerprint density at radius 2 is 1.79 bits per heavy atom. The van der Waals surface area contributed by atoms with Crippen LogP contribution in [0.15, 0.2) is 16.6 Å². The van der Waals surface area contributed by atoms with Gasteiger partial charge in [-0.25, -0.2) is 0 Å². The molecule has 0 amide bonds. The highest BCUT2D eigenvalue weighted by Crippen LogP contribution is 2.36. The maximum absolute atomic E-state index is 5.72. The van der Waals surface area contributed by atoms with Crippen molar-refractivity contribution in [3.8, 4) is 11.5 Å². The van der Waals surface area contributed by atoms with E-state index < -0.39 is 0 Å². The first-order valence-electron chi connectivity index (χ1n) is 8.24. The lowest BCUT2D eigenvalue weighted by Crippen LogP contribution is -2.33. The lowest BCUT2D eigenvalue weighted by molar-refractivity contribution is 0.286. The molecule has 1 aliphatic heterocycles. The molecule has 0 aliphatic carbocycles. The number of benzene rings is 1. The van der Waals surface area contributed by atoms with E-state index in [1.807, 2.05) is 13.8 Å². The summed E-state index contributed by atoms with van der Waals surface area (Å²) in [5.41, 5.74) is 1.22. The van der Waals surface area contributed by atoms with Gasteiger partial charge in [0.15, 0.2) is 11.5 Å². The van der Waals surface area contributed by atoms with Crippen molar-refractivity contribution in [1.29, 1.82) is 0 Å². The molecule has 0 aromatic heterocycles. The topological polar surface area (TPSA) is 42.5 Å². The lowest BCUT2D eigenvalue weighted by atomic mass is 9.98. The van der Waals surface area contributed by atoms with Crippen molar-refractivity contribution in [2.24, 2.45) is 5.92 Å². The maximum Gasteiger partial charge on any atom is 0.175 e. The van der Waals surface area contributed by atoms with Gasteiger partial charge in [-0.2, -0.15) is 0 Å². The number of nitrogens with one attached hydrogen (secondary N) is 2. The summed E-state index contributed by atoms with van der Waals surface area (Å²) in [7, 11) is 0. The van der Waals surface area contributed by atoms with Crippen molar-refractivity contribution in [3.63, 3.8) is 0 Å². The Morgan fingerprint density at radius 1 is 1.12 bits per heavy atom. The molecule has 4 nitrogen and oxygen atoms in total. The minimum Gasteiger partial charge on any atom is -0.490 e. The molecule has 0 saturated carbocycles. The van der Waals surface area contributed by atoms with Crippen molar-refractivity contribution in [2.45, 2.75) is 33.2 Å². The second-order valence-electron chi connectivity index (χ2n) is 5.60. The second kappa shape index (κ2) is 13.1. The van der Waals surface area contributed by atoms with Crippen LogP contribution in [-0.2, 0) is 6.54 Å². The second-order valence-corrected chi connectivity index (χ2v) is 6.45. The zero-order valence-electron chi connectivity index (χ0n) is 14.4. The predicted molar refractivity (Wildman–Crippen MR) is 108 cm³/mol. The number of hydrogen-bond acceptors (Lipinski definition) is 4.